The van der Waals surface area contributed by atoms with Crippen molar-refractivity contribution in [1.82, 2.24) is 4.90 Å². The number of nitrogens with two attached hydrogens (primary N) is 1. The second kappa shape index (κ2) is 9.89. The number of carbonyl (C=O) groups is 4. The molecule has 1 amide bonds. The lowest BCUT2D eigenvalue weighted by molar-refractivity contribution is -0.171. The molecular weight excluding hydrogens is 565 g/mol. The van der Waals surface area contributed by atoms with Crippen LogP contribution in [0.25, 0.3) is 0 Å². The largest absolute Gasteiger partial charge is 0.461 e. The topological polar surface area (TPSA) is 125 Å². The fraction of sp³-hybridized carbons (Fsp3) is 0.600. The average Bonchev–Trinajstić information content (AvgIpc) is 2.65. The lowest BCUT2D eigenvalue weighted by atomic mass is 9.87. The molecule has 0 saturated carbocycles. The van der Waals surface area contributed by atoms with E-state index in [-0.39, 0.29) is 23.6 Å². The van der Waals surface area contributed by atoms with Gasteiger partial charge in [-0.3, -0.25) is 14.5 Å². The SMILES string of the molecule is CC(=O)OCC1=C(C(=O)OCC(Cl)(Cl)Cl)N2C(=O)[C@@](N)(C(=O)OCC(Cl)(Cl)Cl)[C@H]2SC1. The van der Waals surface area contributed by atoms with Gasteiger partial charge < -0.3 is 19.9 Å². The third-order valence-electron chi connectivity index (χ3n) is 3.90. The Labute approximate surface area is 210 Å². The van der Waals surface area contributed by atoms with Crippen LogP contribution in [0.5, 0.6) is 0 Å². The van der Waals surface area contributed by atoms with Crippen molar-refractivity contribution in [3.05, 3.63) is 11.3 Å². The van der Waals surface area contributed by atoms with Gasteiger partial charge in [-0.25, -0.2) is 9.59 Å². The van der Waals surface area contributed by atoms with E-state index < -0.39 is 55.5 Å². The molecule has 2 aliphatic heterocycles. The molecule has 16 heteroatoms. The molecular formula is C15H14Cl6N2O7S. The molecule has 1 saturated heterocycles. The van der Waals surface area contributed by atoms with E-state index in [1.807, 2.05) is 0 Å². The van der Waals surface area contributed by atoms with Gasteiger partial charge in [0.05, 0.1) is 0 Å². The Bertz CT molecular complexity index is 828. The normalized spacial score (nSPS) is 23.7. The molecule has 2 heterocycles. The highest BCUT2D eigenvalue weighted by Crippen LogP contribution is 2.46. The van der Waals surface area contributed by atoms with Crippen LogP contribution in [0.15, 0.2) is 11.3 Å². The van der Waals surface area contributed by atoms with Crippen LogP contribution < -0.4 is 5.73 Å². The van der Waals surface area contributed by atoms with Crippen molar-refractivity contribution in [1.29, 1.82) is 0 Å². The van der Waals surface area contributed by atoms with E-state index in [1.54, 1.807) is 0 Å². The van der Waals surface area contributed by atoms with E-state index in [0.29, 0.717) is 0 Å². The Morgan fingerprint density at radius 1 is 1.10 bits per heavy atom. The van der Waals surface area contributed by atoms with Crippen LogP contribution in [-0.2, 0) is 33.4 Å². The molecule has 0 spiro atoms. The minimum absolute atomic E-state index is 0.0661. The van der Waals surface area contributed by atoms with Gasteiger partial charge in [0.2, 0.25) is 13.1 Å². The number of alkyl halides is 6. The number of hydrogen-bond acceptors (Lipinski definition) is 9. The van der Waals surface area contributed by atoms with Crippen LogP contribution in [0, 0.1) is 0 Å². The van der Waals surface area contributed by atoms with Gasteiger partial charge in [0.1, 0.15) is 30.9 Å². The number of amides is 1. The molecule has 31 heavy (non-hydrogen) atoms. The van der Waals surface area contributed by atoms with Crippen molar-refractivity contribution >= 4 is 105 Å². The summed E-state index contributed by atoms with van der Waals surface area (Å²) < 4.78 is 10.9. The Balaban J connectivity index is 2.30. The smallest absolute Gasteiger partial charge is 0.355 e. The maximum absolute atomic E-state index is 12.8. The number of ether oxygens (including phenoxy) is 3. The zero-order valence-electron chi connectivity index (χ0n) is 15.5. The van der Waals surface area contributed by atoms with Crippen LogP contribution in [-0.4, -0.2) is 72.8 Å². The molecule has 174 valence electrons. The number of carbonyl (C=O) groups excluding carboxylic acids is 4. The van der Waals surface area contributed by atoms with E-state index in [2.05, 4.69) is 0 Å². The van der Waals surface area contributed by atoms with E-state index in [1.165, 1.54) is 6.92 Å². The zero-order chi connectivity index (χ0) is 23.8. The summed E-state index contributed by atoms with van der Waals surface area (Å²) >= 11 is 34.5. The minimum atomic E-state index is -2.14. The van der Waals surface area contributed by atoms with Gasteiger partial charge in [0, 0.05) is 18.2 Å². The van der Waals surface area contributed by atoms with Gasteiger partial charge in [-0.2, -0.15) is 0 Å². The minimum Gasteiger partial charge on any atom is -0.461 e. The molecule has 0 aromatic rings. The first-order chi connectivity index (χ1) is 14.1. The molecule has 2 aliphatic rings. The highest BCUT2D eigenvalue weighted by molar-refractivity contribution is 8.00. The van der Waals surface area contributed by atoms with Crippen molar-refractivity contribution in [2.75, 3.05) is 25.6 Å². The Kier molecular flexibility index (Phi) is 8.58. The molecule has 0 radical (unpaired) electrons. The first-order valence-corrected chi connectivity index (χ1v) is 11.5. The molecule has 2 atom stereocenters. The predicted molar refractivity (Wildman–Crippen MR) is 116 cm³/mol. The van der Waals surface area contributed by atoms with Crippen molar-refractivity contribution < 1.29 is 33.4 Å². The number of nitrogens with zero attached hydrogens (tertiary/aromatic N) is 1. The zero-order valence-corrected chi connectivity index (χ0v) is 20.8. The van der Waals surface area contributed by atoms with E-state index in [4.69, 9.17) is 89.5 Å². The Morgan fingerprint density at radius 3 is 2.16 bits per heavy atom. The maximum Gasteiger partial charge on any atom is 0.355 e. The molecule has 2 N–H and O–H groups in total. The van der Waals surface area contributed by atoms with E-state index in [0.717, 1.165) is 16.7 Å². The number of halogens is 6. The van der Waals surface area contributed by atoms with Gasteiger partial charge in [0.25, 0.3) is 5.91 Å². The van der Waals surface area contributed by atoms with Crippen molar-refractivity contribution in [2.24, 2.45) is 5.73 Å². The highest BCUT2D eigenvalue weighted by Gasteiger charge is 2.68. The summed E-state index contributed by atoms with van der Waals surface area (Å²) in [5.74, 6) is -3.71. The summed E-state index contributed by atoms with van der Waals surface area (Å²) in [4.78, 5) is 50.1. The molecule has 1 fully saturated rings. The fourth-order valence-electron chi connectivity index (χ4n) is 2.60. The molecule has 0 unspecified atom stereocenters. The molecule has 9 nitrogen and oxygen atoms in total. The second-order valence-corrected chi connectivity index (χ2v) is 12.4. The molecule has 0 aromatic carbocycles. The Morgan fingerprint density at radius 2 is 1.65 bits per heavy atom. The van der Waals surface area contributed by atoms with Crippen molar-refractivity contribution in [3.8, 4) is 0 Å². The fourth-order valence-corrected chi connectivity index (χ4v) is 4.32. The van der Waals surface area contributed by atoms with Crippen LogP contribution >= 0.6 is 81.4 Å². The van der Waals surface area contributed by atoms with Gasteiger partial charge in [0.15, 0.2) is 0 Å². The van der Waals surface area contributed by atoms with Crippen molar-refractivity contribution in [2.45, 2.75) is 25.4 Å². The number of β-lactam (4-membered cyclic amide) rings is 1. The lowest BCUT2D eigenvalue weighted by Crippen LogP contribution is -2.81. The van der Waals surface area contributed by atoms with Crippen LogP contribution in [0.2, 0.25) is 0 Å². The maximum atomic E-state index is 12.8. The first-order valence-electron chi connectivity index (χ1n) is 8.15. The monoisotopic (exact) mass is 576 g/mol. The summed E-state index contributed by atoms with van der Waals surface area (Å²) in [6, 6.07) is 0. The van der Waals surface area contributed by atoms with Crippen molar-refractivity contribution in [3.63, 3.8) is 0 Å². The molecule has 0 aromatic heterocycles. The van der Waals surface area contributed by atoms with Crippen LogP contribution in [0.3, 0.4) is 0 Å². The van der Waals surface area contributed by atoms with Crippen LogP contribution in [0.1, 0.15) is 6.92 Å². The van der Waals surface area contributed by atoms with Gasteiger partial charge in [-0.15, -0.1) is 11.8 Å². The third kappa shape index (κ3) is 6.38. The van der Waals surface area contributed by atoms with Gasteiger partial charge in [-0.05, 0) is 0 Å². The number of rotatable bonds is 6. The average molecular weight is 579 g/mol. The summed E-state index contributed by atoms with van der Waals surface area (Å²) in [7, 11) is 0. The first kappa shape index (κ1) is 26.9. The molecule has 0 aliphatic carbocycles. The number of hydrogen-bond donors (Lipinski definition) is 1. The Hall–Kier alpha value is -0.330. The quantitative estimate of drug-likeness (QED) is 0.166. The van der Waals surface area contributed by atoms with Gasteiger partial charge >= 0.3 is 17.9 Å². The summed E-state index contributed by atoms with van der Waals surface area (Å²) in [5.41, 5.74) is 3.82. The lowest BCUT2D eigenvalue weighted by Gasteiger charge is -2.53. The molecule has 2 rings (SSSR count). The van der Waals surface area contributed by atoms with Crippen LogP contribution in [0.4, 0.5) is 0 Å². The summed E-state index contributed by atoms with van der Waals surface area (Å²) in [5, 5.41) is -1.04. The number of esters is 3. The summed E-state index contributed by atoms with van der Waals surface area (Å²) in [6.45, 7) is -0.418. The standard InChI is InChI=1S/C15H14Cl6N2O7S/c1-6(24)28-2-7-3-31-11-15(22,12(27)30-5-14(19,20)21)10(26)23(11)8(7)9(25)29-4-13(16,17)18/h11H,2-5,22H2,1H3/t11-,15+/m1/s1. The second-order valence-electron chi connectivity index (χ2n) is 6.32. The third-order valence-corrected chi connectivity index (χ3v) is 5.97. The number of fused-ring (bicyclic) bond motifs is 1. The highest BCUT2D eigenvalue weighted by atomic mass is 35.6. The van der Waals surface area contributed by atoms with E-state index in [9.17, 15) is 19.2 Å². The van der Waals surface area contributed by atoms with Gasteiger partial charge in [-0.1, -0.05) is 69.6 Å². The predicted octanol–water partition coefficient (Wildman–Crippen LogP) is 2.24. The van der Waals surface area contributed by atoms with E-state index >= 15 is 0 Å². The molecule has 0 bridgehead atoms. The number of thioether (sulfide) groups is 1. The summed E-state index contributed by atoms with van der Waals surface area (Å²) in [6.07, 6.45) is 0.